The van der Waals surface area contributed by atoms with Gasteiger partial charge in [0.2, 0.25) is 0 Å². The van der Waals surface area contributed by atoms with Gasteiger partial charge in [-0.3, -0.25) is 9.69 Å². The Balaban J connectivity index is 1.51. The van der Waals surface area contributed by atoms with Crippen LogP contribution < -0.4 is 5.32 Å². The summed E-state index contributed by atoms with van der Waals surface area (Å²) in [5, 5.41) is 3.86. The van der Waals surface area contributed by atoms with Crippen LogP contribution in [0.3, 0.4) is 0 Å². The number of nitrogens with zero attached hydrogens (tertiary/aromatic N) is 3. The fourth-order valence-electron chi connectivity index (χ4n) is 2.90. The van der Waals surface area contributed by atoms with Crippen molar-refractivity contribution in [1.82, 2.24) is 20.2 Å². The van der Waals surface area contributed by atoms with Crippen LogP contribution in [-0.4, -0.2) is 59.2 Å². The summed E-state index contributed by atoms with van der Waals surface area (Å²) < 4.78 is 5.78. The minimum absolute atomic E-state index is 0.168. The van der Waals surface area contributed by atoms with Crippen molar-refractivity contribution in [3.05, 3.63) is 36.2 Å². The number of amides is 1. The summed E-state index contributed by atoms with van der Waals surface area (Å²) >= 11 is 0. The molecule has 0 bridgehead atoms. The van der Waals surface area contributed by atoms with Crippen molar-refractivity contribution in [2.45, 2.75) is 32.4 Å². The Hall–Kier alpha value is -2.05. The standard InChI is InChI=1S/C18H24N4O2/c1-13(2)22-10-11-24-15(12-22)7-9-20-18(23)16-6-5-14-4-3-8-19-17(14)21-16/h3-6,8,13,15H,7,9-12H2,1-2H3,(H,20,23)/t15-/m1/s1. The number of carbonyl (C=O) groups is 1. The average molecular weight is 328 g/mol. The minimum Gasteiger partial charge on any atom is -0.375 e. The monoisotopic (exact) mass is 328 g/mol. The molecule has 1 aliphatic rings. The highest BCUT2D eigenvalue weighted by Gasteiger charge is 2.22. The highest BCUT2D eigenvalue weighted by atomic mass is 16.5. The number of nitrogens with one attached hydrogen (secondary N) is 1. The zero-order valence-electron chi connectivity index (χ0n) is 14.2. The Kier molecular flexibility index (Phi) is 5.37. The van der Waals surface area contributed by atoms with Crippen LogP contribution >= 0.6 is 0 Å². The van der Waals surface area contributed by atoms with E-state index in [4.69, 9.17) is 4.74 Å². The first-order valence-corrected chi connectivity index (χ1v) is 8.49. The number of pyridine rings is 2. The summed E-state index contributed by atoms with van der Waals surface area (Å²) in [6.45, 7) is 7.64. The van der Waals surface area contributed by atoms with Gasteiger partial charge in [-0.15, -0.1) is 0 Å². The molecule has 6 heteroatoms. The Bertz CT molecular complexity index is 704. The van der Waals surface area contributed by atoms with Crippen molar-refractivity contribution in [1.29, 1.82) is 0 Å². The van der Waals surface area contributed by atoms with Crippen LogP contribution in [0.4, 0.5) is 0 Å². The molecule has 1 fully saturated rings. The van der Waals surface area contributed by atoms with Crippen LogP contribution in [0.15, 0.2) is 30.5 Å². The van der Waals surface area contributed by atoms with Crippen molar-refractivity contribution in [2.24, 2.45) is 0 Å². The topological polar surface area (TPSA) is 67.3 Å². The van der Waals surface area contributed by atoms with Gasteiger partial charge in [0.05, 0.1) is 12.7 Å². The maximum absolute atomic E-state index is 12.2. The lowest BCUT2D eigenvalue weighted by Gasteiger charge is -2.35. The Morgan fingerprint density at radius 2 is 2.29 bits per heavy atom. The summed E-state index contributed by atoms with van der Waals surface area (Å²) in [5.74, 6) is -0.168. The molecule has 128 valence electrons. The molecule has 0 unspecified atom stereocenters. The van der Waals surface area contributed by atoms with Gasteiger partial charge in [-0.1, -0.05) is 0 Å². The molecular formula is C18H24N4O2. The molecule has 2 aromatic heterocycles. The second kappa shape index (κ2) is 7.68. The predicted molar refractivity (Wildman–Crippen MR) is 92.9 cm³/mol. The molecule has 0 radical (unpaired) electrons. The molecule has 2 aromatic rings. The molecule has 1 atom stereocenters. The maximum Gasteiger partial charge on any atom is 0.269 e. The summed E-state index contributed by atoms with van der Waals surface area (Å²) in [7, 11) is 0. The van der Waals surface area contributed by atoms with Gasteiger partial charge in [-0.25, -0.2) is 9.97 Å². The minimum atomic E-state index is -0.168. The normalized spacial score (nSPS) is 18.9. The van der Waals surface area contributed by atoms with E-state index in [-0.39, 0.29) is 12.0 Å². The first-order valence-electron chi connectivity index (χ1n) is 8.49. The number of hydrogen-bond donors (Lipinski definition) is 1. The molecular weight excluding hydrogens is 304 g/mol. The summed E-state index contributed by atoms with van der Waals surface area (Å²) in [5.41, 5.74) is 0.989. The second-order valence-corrected chi connectivity index (χ2v) is 6.37. The van der Waals surface area contributed by atoms with E-state index in [9.17, 15) is 4.79 Å². The van der Waals surface area contributed by atoms with E-state index < -0.39 is 0 Å². The number of rotatable bonds is 5. The Morgan fingerprint density at radius 3 is 3.12 bits per heavy atom. The van der Waals surface area contributed by atoms with Crippen LogP contribution in [0.25, 0.3) is 11.0 Å². The number of fused-ring (bicyclic) bond motifs is 1. The number of aromatic nitrogens is 2. The number of ether oxygens (including phenoxy) is 1. The van der Waals surface area contributed by atoms with Gasteiger partial charge in [-0.2, -0.15) is 0 Å². The van der Waals surface area contributed by atoms with Gasteiger partial charge in [-0.05, 0) is 44.5 Å². The molecule has 1 N–H and O–H groups in total. The van der Waals surface area contributed by atoms with E-state index in [0.29, 0.717) is 23.9 Å². The van der Waals surface area contributed by atoms with E-state index >= 15 is 0 Å². The zero-order valence-corrected chi connectivity index (χ0v) is 14.2. The summed E-state index contributed by atoms with van der Waals surface area (Å²) in [6, 6.07) is 7.92. The first kappa shape index (κ1) is 16.8. The largest absolute Gasteiger partial charge is 0.375 e. The van der Waals surface area contributed by atoms with E-state index in [1.54, 1.807) is 12.3 Å². The highest BCUT2D eigenvalue weighted by Crippen LogP contribution is 2.12. The quantitative estimate of drug-likeness (QED) is 0.907. The highest BCUT2D eigenvalue weighted by molar-refractivity contribution is 5.94. The first-order chi connectivity index (χ1) is 11.6. The lowest BCUT2D eigenvalue weighted by Crippen LogP contribution is -2.46. The average Bonchev–Trinajstić information content (AvgIpc) is 2.61. The molecule has 0 saturated carbocycles. The van der Waals surface area contributed by atoms with E-state index in [1.165, 1.54) is 0 Å². The van der Waals surface area contributed by atoms with Crippen molar-refractivity contribution in [3.63, 3.8) is 0 Å². The molecule has 3 rings (SSSR count). The molecule has 3 heterocycles. The predicted octanol–water partition coefficient (Wildman–Crippen LogP) is 1.86. The lowest BCUT2D eigenvalue weighted by molar-refractivity contribution is -0.0412. The number of carbonyl (C=O) groups excluding carboxylic acids is 1. The lowest BCUT2D eigenvalue weighted by atomic mass is 10.1. The number of morpholine rings is 1. The summed E-state index contributed by atoms with van der Waals surface area (Å²) in [6.07, 6.45) is 2.66. The Morgan fingerprint density at radius 1 is 1.42 bits per heavy atom. The molecule has 0 aliphatic carbocycles. The molecule has 24 heavy (non-hydrogen) atoms. The Labute approximate surface area is 142 Å². The third-order valence-electron chi connectivity index (χ3n) is 4.35. The van der Waals surface area contributed by atoms with Crippen LogP contribution in [0.5, 0.6) is 0 Å². The maximum atomic E-state index is 12.2. The van der Waals surface area contributed by atoms with Crippen molar-refractivity contribution < 1.29 is 9.53 Å². The van der Waals surface area contributed by atoms with Crippen molar-refractivity contribution >= 4 is 16.9 Å². The number of hydrogen-bond acceptors (Lipinski definition) is 5. The third kappa shape index (κ3) is 4.07. The van der Waals surface area contributed by atoms with E-state index in [1.807, 2.05) is 18.2 Å². The fourth-order valence-corrected chi connectivity index (χ4v) is 2.90. The van der Waals surface area contributed by atoms with Crippen LogP contribution in [0, 0.1) is 0 Å². The van der Waals surface area contributed by atoms with E-state index in [0.717, 1.165) is 31.5 Å². The smallest absolute Gasteiger partial charge is 0.269 e. The van der Waals surface area contributed by atoms with Gasteiger partial charge in [0, 0.05) is 37.3 Å². The molecule has 1 aliphatic heterocycles. The van der Waals surface area contributed by atoms with E-state index in [2.05, 4.69) is 34.0 Å². The van der Waals surface area contributed by atoms with Crippen LogP contribution in [-0.2, 0) is 4.74 Å². The third-order valence-corrected chi connectivity index (χ3v) is 4.35. The van der Waals surface area contributed by atoms with Crippen molar-refractivity contribution in [3.8, 4) is 0 Å². The molecule has 1 saturated heterocycles. The van der Waals surface area contributed by atoms with Gasteiger partial charge in [0.1, 0.15) is 5.69 Å². The second-order valence-electron chi connectivity index (χ2n) is 6.37. The SMILES string of the molecule is CC(C)N1CCO[C@H](CCNC(=O)c2ccc3cccnc3n2)C1. The van der Waals surface area contributed by atoms with Crippen LogP contribution in [0.2, 0.25) is 0 Å². The fraction of sp³-hybridized carbons (Fsp3) is 0.500. The molecule has 0 spiro atoms. The summed E-state index contributed by atoms with van der Waals surface area (Å²) in [4.78, 5) is 23.2. The molecule has 1 amide bonds. The van der Waals surface area contributed by atoms with Gasteiger partial charge < -0.3 is 10.1 Å². The van der Waals surface area contributed by atoms with Crippen molar-refractivity contribution in [2.75, 3.05) is 26.2 Å². The van der Waals surface area contributed by atoms with Gasteiger partial charge in [0.15, 0.2) is 5.65 Å². The van der Waals surface area contributed by atoms with Gasteiger partial charge >= 0.3 is 0 Å². The van der Waals surface area contributed by atoms with Crippen LogP contribution in [0.1, 0.15) is 30.8 Å². The molecule has 0 aromatic carbocycles. The molecule has 6 nitrogen and oxygen atoms in total. The zero-order chi connectivity index (χ0) is 16.9. The van der Waals surface area contributed by atoms with Gasteiger partial charge in [0.25, 0.3) is 5.91 Å².